The van der Waals surface area contributed by atoms with E-state index in [1.807, 2.05) is 0 Å². The lowest BCUT2D eigenvalue weighted by Gasteiger charge is -2.40. The quantitative estimate of drug-likeness (QED) is 0.565. The predicted molar refractivity (Wildman–Crippen MR) is 75.6 cm³/mol. The summed E-state index contributed by atoms with van der Waals surface area (Å²) in [4.78, 5) is 25.2. The van der Waals surface area contributed by atoms with Gasteiger partial charge >= 0.3 is 12.1 Å². The van der Waals surface area contributed by atoms with Gasteiger partial charge in [-0.3, -0.25) is 4.90 Å². The molecule has 1 heterocycles. The molecule has 1 fully saturated rings. The lowest BCUT2D eigenvalue weighted by atomic mass is 9.90. The topological polar surface area (TPSA) is 55.8 Å². The van der Waals surface area contributed by atoms with Crippen molar-refractivity contribution in [2.24, 2.45) is 0 Å². The molecule has 0 aromatic rings. The molecule has 20 heavy (non-hydrogen) atoms. The van der Waals surface area contributed by atoms with Gasteiger partial charge in [-0.25, -0.2) is 14.0 Å². The molecule has 0 spiro atoms. The number of esters is 1. The number of alkyl halides is 2. The zero-order valence-corrected chi connectivity index (χ0v) is 13.8. The molecule has 0 radical (unpaired) electrons. The molecule has 0 saturated carbocycles. The molecular formula is C13H21BrFNO4. The summed E-state index contributed by atoms with van der Waals surface area (Å²) in [6, 6.07) is -0.953. The summed E-state index contributed by atoms with van der Waals surface area (Å²) in [6.07, 6.45) is -0.556. The lowest BCUT2D eigenvalue weighted by Crippen LogP contribution is -2.56. The van der Waals surface area contributed by atoms with E-state index in [0.717, 1.165) is 0 Å². The van der Waals surface area contributed by atoms with Crippen molar-refractivity contribution in [1.82, 2.24) is 4.90 Å². The third-order valence-corrected chi connectivity index (χ3v) is 4.08. The average Bonchev–Trinajstić information content (AvgIpc) is 2.35. The molecule has 2 atom stereocenters. The van der Waals surface area contributed by atoms with E-state index in [4.69, 9.17) is 4.74 Å². The van der Waals surface area contributed by atoms with Crippen LogP contribution in [0, 0.1) is 0 Å². The molecule has 0 N–H and O–H groups in total. The van der Waals surface area contributed by atoms with Gasteiger partial charge in [0.05, 0.1) is 7.11 Å². The molecule has 116 valence electrons. The zero-order valence-electron chi connectivity index (χ0n) is 12.2. The van der Waals surface area contributed by atoms with Gasteiger partial charge in [0.25, 0.3) is 0 Å². The predicted octanol–water partition coefficient (Wildman–Crippen LogP) is 2.66. The summed E-state index contributed by atoms with van der Waals surface area (Å²) < 4.78 is 24.3. The molecule has 7 heteroatoms. The fourth-order valence-electron chi connectivity index (χ4n) is 2.04. The number of methoxy groups -OCH3 is 1. The Labute approximate surface area is 126 Å². The van der Waals surface area contributed by atoms with E-state index in [-0.39, 0.29) is 24.7 Å². The fourth-order valence-corrected chi connectivity index (χ4v) is 2.55. The molecule has 1 saturated heterocycles. The Bertz CT molecular complexity index is 385. The van der Waals surface area contributed by atoms with Crippen molar-refractivity contribution in [2.75, 3.05) is 19.0 Å². The highest BCUT2D eigenvalue weighted by Gasteiger charge is 2.46. The standard InChI is InChI=1S/C13H21BrFNO4/c1-12(2,3)20-11(18)16-6-5-13(15,8-14)7-9(16)10(17)19-4/h9H,5-8H2,1-4H3/t9?,13-/m1/s1. The van der Waals surface area contributed by atoms with Crippen LogP contribution in [0.25, 0.3) is 0 Å². The summed E-state index contributed by atoms with van der Waals surface area (Å²) in [5.74, 6) is -0.626. The van der Waals surface area contributed by atoms with E-state index in [2.05, 4.69) is 20.7 Å². The number of likely N-dealkylation sites (tertiary alicyclic amines) is 1. The molecule has 0 aromatic carbocycles. The van der Waals surface area contributed by atoms with E-state index >= 15 is 0 Å². The number of halogens is 2. The van der Waals surface area contributed by atoms with Crippen LogP contribution in [-0.4, -0.2) is 53.3 Å². The highest BCUT2D eigenvalue weighted by molar-refractivity contribution is 9.09. The van der Waals surface area contributed by atoms with E-state index < -0.39 is 29.4 Å². The van der Waals surface area contributed by atoms with Gasteiger partial charge in [0, 0.05) is 24.7 Å². The number of hydrogen-bond acceptors (Lipinski definition) is 4. The fraction of sp³-hybridized carbons (Fsp3) is 0.846. The molecule has 1 amide bonds. The van der Waals surface area contributed by atoms with Crippen molar-refractivity contribution in [3.05, 3.63) is 0 Å². The number of rotatable bonds is 2. The van der Waals surface area contributed by atoms with Gasteiger partial charge in [-0.2, -0.15) is 0 Å². The second-order valence-electron chi connectivity index (χ2n) is 5.95. The van der Waals surface area contributed by atoms with Gasteiger partial charge in [0.1, 0.15) is 17.3 Å². The summed E-state index contributed by atoms with van der Waals surface area (Å²) in [6.45, 7) is 5.33. The van der Waals surface area contributed by atoms with Crippen molar-refractivity contribution < 1.29 is 23.5 Å². The largest absolute Gasteiger partial charge is 0.467 e. The van der Waals surface area contributed by atoms with Crippen LogP contribution >= 0.6 is 15.9 Å². The van der Waals surface area contributed by atoms with Crippen LogP contribution in [-0.2, 0) is 14.3 Å². The van der Waals surface area contributed by atoms with E-state index in [1.165, 1.54) is 12.0 Å². The first-order valence-electron chi connectivity index (χ1n) is 6.44. The Kier molecular flexibility index (Phi) is 5.40. The minimum atomic E-state index is -1.52. The van der Waals surface area contributed by atoms with E-state index in [1.54, 1.807) is 20.8 Å². The number of ether oxygens (including phenoxy) is 2. The van der Waals surface area contributed by atoms with Gasteiger partial charge in [-0.05, 0) is 20.8 Å². The maximum Gasteiger partial charge on any atom is 0.411 e. The normalized spacial score (nSPS) is 27.1. The Hall–Kier alpha value is -0.850. The Morgan fingerprint density at radius 2 is 2.05 bits per heavy atom. The van der Waals surface area contributed by atoms with Gasteiger partial charge in [-0.15, -0.1) is 0 Å². The molecule has 1 aliphatic heterocycles. The van der Waals surface area contributed by atoms with Crippen molar-refractivity contribution in [3.63, 3.8) is 0 Å². The van der Waals surface area contributed by atoms with Gasteiger partial charge in [-0.1, -0.05) is 15.9 Å². The second-order valence-corrected chi connectivity index (χ2v) is 6.51. The number of nitrogens with zero attached hydrogens (tertiary/aromatic N) is 1. The molecule has 0 aromatic heterocycles. The molecule has 0 aliphatic carbocycles. The third kappa shape index (κ3) is 4.33. The SMILES string of the molecule is COC(=O)C1C[C@@](F)(CBr)CCN1C(=O)OC(C)(C)C. The molecule has 1 aliphatic rings. The molecule has 1 unspecified atom stereocenters. The van der Waals surface area contributed by atoms with Crippen LogP contribution in [0.4, 0.5) is 9.18 Å². The van der Waals surface area contributed by atoms with Crippen LogP contribution < -0.4 is 0 Å². The van der Waals surface area contributed by atoms with Crippen LogP contribution in [0.15, 0.2) is 0 Å². The van der Waals surface area contributed by atoms with Crippen LogP contribution in [0.1, 0.15) is 33.6 Å². The van der Waals surface area contributed by atoms with Crippen LogP contribution in [0.2, 0.25) is 0 Å². The van der Waals surface area contributed by atoms with Crippen LogP contribution in [0.5, 0.6) is 0 Å². The van der Waals surface area contributed by atoms with Crippen molar-refractivity contribution in [2.45, 2.75) is 50.9 Å². The number of piperidine rings is 1. The molecule has 0 bridgehead atoms. The maximum atomic E-state index is 14.4. The highest BCUT2D eigenvalue weighted by Crippen LogP contribution is 2.33. The zero-order chi connectivity index (χ0) is 15.6. The Balaban J connectivity index is 2.89. The summed E-state index contributed by atoms with van der Waals surface area (Å²) in [7, 11) is 1.22. The van der Waals surface area contributed by atoms with E-state index in [0.29, 0.717) is 0 Å². The minimum Gasteiger partial charge on any atom is -0.467 e. The summed E-state index contributed by atoms with van der Waals surface area (Å²) in [5.41, 5.74) is -2.19. The maximum absolute atomic E-state index is 14.4. The van der Waals surface area contributed by atoms with Gasteiger partial charge in [0.15, 0.2) is 0 Å². The monoisotopic (exact) mass is 353 g/mol. The van der Waals surface area contributed by atoms with E-state index in [9.17, 15) is 14.0 Å². The number of hydrogen-bond donors (Lipinski definition) is 0. The van der Waals surface area contributed by atoms with Gasteiger partial charge in [0.2, 0.25) is 0 Å². The first-order valence-corrected chi connectivity index (χ1v) is 7.56. The van der Waals surface area contributed by atoms with Crippen molar-refractivity contribution >= 4 is 28.0 Å². The summed E-state index contributed by atoms with van der Waals surface area (Å²) in [5, 5.41) is 0.121. The summed E-state index contributed by atoms with van der Waals surface area (Å²) >= 11 is 3.11. The number of carbonyl (C=O) groups is 2. The smallest absolute Gasteiger partial charge is 0.411 e. The van der Waals surface area contributed by atoms with Gasteiger partial charge < -0.3 is 9.47 Å². The van der Waals surface area contributed by atoms with Crippen molar-refractivity contribution in [1.29, 1.82) is 0 Å². The molecule has 5 nitrogen and oxygen atoms in total. The first-order chi connectivity index (χ1) is 9.12. The average molecular weight is 354 g/mol. The highest BCUT2D eigenvalue weighted by atomic mass is 79.9. The Morgan fingerprint density at radius 1 is 1.45 bits per heavy atom. The van der Waals surface area contributed by atoms with Crippen molar-refractivity contribution in [3.8, 4) is 0 Å². The Morgan fingerprint density at radius 3 is 2.50 bits per heavy atom. The molecule has 1 rings (SSSR count). The third-order valence-electron chi connectivity index (χ3n) is 3.08. The minimum absolute atomic E-state index is 0.0931. The van der Waals surface area contributed by atoms with Crippen LogP contribution in [0.3, 0.4) is 0 Å². The number of carbonyl (C=O) groups excluding carboxylic acids is 2. The second kappa shape index (κ2) is 6.28. The molecular weight excluding hydrogens is 333 g/mol. The first kappa shape index (κ1) is 17.2. The number of amides is 1. The lowest BCUT2D eigenvalue weighted by molar-refractivity contribution is -0.150.